The zero-order chi connectivity index (χ0) is 13.1. The highest BCUT2D eigenvalue weighted by Crippen LogP contribution is 2.18. The molecular weight excluding hydrogens is 246 g/mol. The van der Waals surface area contributed by atoms with Crippen LogP contribution in [0.5, 0.6) is 0 Å². The van der Waals surface area contributed by atoms with Crippen LogP contribution in [-0.2, 0) is 19.4 Å². The van der Waals surface area contributed by atoms with Crippen LogP contribution in [0.25, 0.3) is 0 Å². The van der Waals surface area contributed by atoms with E-state index in [1.54, 1.807) is 6.92 Å². The predicted molar refractivity (Wildman–Crippen MR) is 61.2 cm³/mol. The molecule has 2 unspecified atom stereocenters. The Labute approximate surface area is 100 Å². The largest absolute Gasteiger partial charge is 0.481 e. The summed E-state index contributed by atoms with van der Waals surface area (Å²) in [6.45, 7) is 1.78. The number of hydrogen-bond acceptors (Lipinski definition) is 4. The van der Waals surface area contributed by atoms with Gasteiger partial charge in [0, 0.05) is 6.54 Å². The molecule has 1 rings (SSSR count). The Morgan fingerprint density at radius 3 is 2.53 bits per heavy atom. The fourth-order valence-corrected chi connectivity index (χ4v) is 3.52. The van der Waals surface area contributed by atoms with Crippen molar-refractivity contribution in [3.8, 4) is 0 Å². The number of hydrogen-bond donors (Lipinski definition) is 2. The maximum Gasteiger partial charge on any atom is 0.308 e. The van der Waals surface area contributed by atoms with Crippen molar-refractivity contribution in [2.24, 2.45) is 11.8 Å². The Hall–Kier alpha value is -1.11. The third-order valence-corrected chi connectivity index (χ3v) is 4.74. The van der Waals surface area contributed by atoms with E-state index in [-0.39, 0.29) is 24.0 Å². The molecule has 17 heavy (non-hydrogen) atoms. The molecular formula is C10H17NO5S. The second-order valence-corrected chi connectivity index (χ2v) is 6.52. The lowest BCUT2D eigenvalue weighted by atomic mass is 10.1. The molecule has 0 aromatic carbocycles. The Kier molecular flexibility index (Phi) is 4.50. The molecule has 0 radical (unpaired) electrons. The molecule has 1 saturated heterocycles. The van der Waals surface area contributed by atoms with Gasteiger partial charge in [-0.1, -0.05) is 6.92 Å². The Morgan fingerprint density at radius 1 is 1.47 bits per heavy atom. The summed E-state index contributed by atoms with van der Waals surface area (Å²) >= 11 is 0. The smallest absolute Gasteiger partial charge is 0.308 e. The highest BCUT2D eigenvalue weighted by atomic mass is 32.2. The van der Waals surface area contributed by atoms with Gasteiger partial charge < -0.3 is 10.4 Å². The lowest BCUT2D eigenvalue weighted by Gasteiger charge is -2.13. The van der Waals surface area contributed by atoms with Crippen molar-refractivity contribution in [2.45, 2.75) is 19.8 Å². The fraction of sp³-hybridized carbons (Fsp3) is 0.800. The topological polar surface area (TPSA) is 101 Å². The van der Waals surface area contributed by atoms with Gasteiger partial charge in [-0.3, -0.25) is 9.59 Å². The molecule has 6 nitrogen and oxygen atoms in total. The van der Waals surface area contributed by atoms with Crippen molar-refractivity contribution in [1.82, 2.24) is 5.32 Å². The van der Waals surface area contributed by atoms with Crippen LogP contribution in [-0.4, -0.2) is 43.5 Å². The minimum absolute atomic E-state index is 0.0429. The molecule has 0 spiro atoms. The summed E-state index contributed by atoms with van der Waals surface area (Å²) in [7, 11) is -3.08. The van der Waals surface area contributed by atoms with E-state index in [0.29, 0.717) is 12.8 Å². The molecule has 0 aliphatic carbocycles. The molecule has 1 aliphatic heterocycles. The van der Waals surface area contributed by atoms with Crippen LogP contribution in [0.4, 0.5) is 0 Å². The van der Waals surface area contributed by atoms with E-state index in [1.807, 2.05) is 0 Å². The maximum atomic E-state index is 11.6. The second kappa shape index (κ2) is 5.48. The van der Waals surface area contributed by atoms with Crippen LogP contribution < -0.4 is 5.32 Å². The normalized spacial score (nSPS) is 24.2. The van der Waals surface area contributed by atoms with Gasteiger partial charge in [0.1, 0.15) is 0 Å². The van der Waals surface area contributed by atoms with Gasteiger partial charge in [0.05, 0.1) is 23.3 Å². The zero-order valence-electron chi connectivity index (χ0n) is 9.68. The van der Waals surface area contributed by atoms with Crippen molar-refractivity contribution in [3.05, 3.63) is 0 Å². The average Bonchev–Trinajstić information content (AvgIpc) is 2.59. The van der Waals surface area contributed by atoms with E-state index in [9.17, 15) is 18.0 Å². The number of aliphatic carboxylic acids is 1. The van der Waals surface area contributed by atoms with E-state index in [2.05, 4.69) is 5.32 Å². The molecule has 2 N–H and O–H groups in total. The molecule has 0 bridgehead atoms. The number of nitrogens with one attached hydrogen (secondary N) is 1. The predicted octanol–water partition coefficient (Wildman–Crippen LogP) is -0.352. The molecule has 0 aromatic heterocycles. The average molecular weight is 263 g/mol. The minimum atomic E-state index is -3.08. The van der Waals surface area contributed by atoms with E-state index >= 15 is 0 Å². The summed E-state index contributed by atoms with van der Waals surface area (Å²) in [6.07, 6.45) is 0.761. The lowest BCUT2D eigenvalue weighted by molar-refractivity contribution is -0.141. The Balaban J connectivity index is 2.43. The molecule has 0 saturated carbocycles. The van der Waals surface area contributed by atoms with Crippen LogP contribution in [0.3, 0.4) is 0 Å². The third kappa shape index (κ3) is 3.99. The van der Waals surface area contributed by atoms with Crippen LogP contribution in [0.1, 0.15) is 19.8 Å². The van der Waals surface area contributed by atoms with E-state index in [1.165, 1.54) is 0 Å². The second-order valence-electron chi connectivity index (χ2n) is 4.29. The number of rotatable bonds is 5. The van der Waals surface area contributed by atoms with Crippen LogP contribution >= 0.6 is 0 Å². The van der Waals surface area contributed by atoms with Crippen molar-refractivity contribution in [3.63, 3.8) is 0 Å². The lowest BCUT2D eigenvalue weighted by Crippen LogP contribution is -2.37. The van der Waals surface area contributed by atoms with Crippen molar-refractivity contribution < 1.29 is 23.1 Å². The SMILES string of the molecule is CCC(CNC(=O)C1CCS(=O)(=O)C1)C(=O)O. The molecule has 7 heteroatoms. The highest BCUT2D eigenvalue weighted by Gasteiger charge is 2.33. The third-order valence-electron chi connectivity index (χ3n) is 2.97. The van der Waals surface area contributed by atoms with Gasteiger partial charge in [0.2, 0.25) is 5.91 Å². The van der Waals surface area contributed by atoms with E-state index in [0.717, 1.165) is 0 Å². The van der Waals surface area contributed by atoms with Gasteiger partial charge in [-0.2, -0.15) is 0 Å². The first-order valence-corrected chi connectivity index (χ1v) is 7.38. The zero-order valence-corrected chi connectivity index (χ0v) is 10.5. The first-order chi connectivity index (χ1) is 7.85. The summed E-state index contributed by atoms with van der Waals surface area (Å²) in [6, 6.07) is 0. The standard InChI is InChI=1S/C10H17NO5S/c1-2-7(10(13)14)5-11-9(12)8-3-4-17(15,16)6-8/h7-8H,2-6H2,1H3,(H,11,12)(H,13,14). The Morgan fingerprint density at radius 2 is 2.12 bits per heavy atom. The van der Waals surface area contributed by atoms with Gasteiger partial charge in [0.25, 0.3) is 0 Å². The van der Waals surface area contributed by atoms with Crippen molar-refractivity contribution in [1.29, 1.82) is 0 Å². The summed E-state index contributed by atoms with van der Waals surface area (Å²) in [5.41, 5.74) is 0. The molecule has 1 aliphatic rings. The number of carbonyl (C=O) groups excluding carboxylic acids is 1. The monoisotopic (exact) mass is 263 g/mol. The summed E-state index contributed by atoms with van der Waals surface area (Å²) in [5.74, 6) is -2.52. The molecule has 2 atom stereocenters. The number of amides is 1. The summed E-state index contributed by atoms with van der Waals surface area (Å²) < 4.78 is 22.3. The van der Waals surface area contributed by atoms with Crippen LogP contribution in [0.2, 0.25) is 0 Å². The maximum absolute atomic E-state index is 11.6. The quantitative estimate of drug-likeness (QED) is 0.706. The van der Waals surface area contributed by atoms with E-state index < -0.39 is 27.6 Å². The fourth-order valence-electron chi connectivity index (χ4n) is 1.78. The summed E-state index contributed by atoms with van der Waals surface area (Å²) in [5, 5.41) is 11.3. The minimum Gasteiger partial charge on any atom is -0.481 e. The first-order valence-electron chi connectivity index (χ1n) is 5.56. The van der Waals surface area contributed by atoms with Gasteiger partial charge in [-0.25, -0.2) is 8.42 Å². The highest BCUT2D eigenvalue weighted by molar-refractivity contribution is 7.91. The number of carbonyl (C=O) groups is 2. The first kappa shape index (κ1) is 14.0. The van der Waals surface area contributed by atoms with Gasteiger partial charge in [-0.05, 0) is 12.8 Å². The van der Waals surface area contributed by atoms with Crippen molar-refractivity contribution in [2.75, 3.05) is 18.1 Å². The van der Waals surface area contributed by atoms with Crippen LogP contribution in [0, 0.1) is 11.8 Å². The number of sulfone groups is 1. The van der Waals surface area contributed by atoms with E-state index in [4.69, 9.17) is 5.11 Å². The molecule has 1 fully saturated rings. The van der Waals surface area contributed by atoms with Crippen molar-refractivity contribution >= 4 is 21.7 Å². The molecule has 98 valence electrons. The Bertz CT molecular complexity index is 403. The molecule has 1 amide bonds. The number of carboxylic acids is 1. The van der Waals surface area contributed by atoms with Gasteiger partial charge in [-0.15, -0.1) is 0 Å². The van der Waals surface area contributed by atoms with Crippen LogP contribution in [0.15, 0.2) is 0 Å². The molecule has 1 heterocycles. The van der Waals surface area contributed by atoms with Gasteiger partial charge in [0.15, 0.2) is 9.84 Å². The molecule has 0 aromatic rings. The summed E-state index contributed by atoms with van der Waals surface area (Å²) in [4.78, 5) is 22.3. The number of carboxylic acid groups (broad SMARTS) is 1. The van der Waals surface area contributed by atoms with Gasteiger partial charge >= 0.3 is 5.97 Å².